The highest BCUT2D eigenvalue weighted by molar-refractivity contribution is 5.86. The number of carbonyl (C=O) groups excluding carboxylic acids is 1. The van der Waals surface area contributed by atoms with E-state index in [-0.39, 0.29) is 0 Å². The third-order valence-corrected chi connectivity index (χ3v) is 2.87. The Balaban J connectivity index is 2.19. The highest BCUT2D eigenvalue weighted by Gasteiger charge is 2.14. The van der Waals surface area contributed by atoms with Crippen LogP contribution in [0.3, 0.4) is 0 Å². The van der Waals surface area contributed by atoms with Crippen molar-refractivity contribution in [1.29, 1.82) is 0 Å². The molecule has 0 heterocycles. The molecule has 0 bridgehead atoms. The first-order valence-corrected chi connectivity index (χ1v) is 6.22. The zero-order chi connectivity index (χ0) is 14.4. The van der Waals surface area contributed by atoms with Crippen LogP contribution in [0.25, 0.3) is 0 Å². The van der Waals surface area contributed by atoms with Crippen molar-refractivity contribution in [1.82, 2.24) is 0 Å². The van der Waals surface area contributed by atoms with Crippen molar-refractivity contribution in [2.24, 2.45) is 10.7 Å². The Morgan fingerprint density at radius 3 is 2.35 bits per heavy atom. The topological polar surface area (TPSA) is 64.7 Å². The fraction of sp³-hybridized carbons (Fsp3) is 0.125. The lowest BCUT2D eigenvalue weighted by Gasteiger charge is -2.08. The molecule has 0 aliphatic carbocycles. The van der Waals surface area contributed by atoms with Crippen LogP contribution in [0.1, 0.15) is 17.2 Å². The number of ether oxygens (including phenoxy) is 1. The second-order valence-electron chi connectivity index (χ2n) is 4.27. The van der Waals surface area contributed by atoms with E-state index in [0.29, 0.717) is 0 Å². The van der Waals surface area contributed by atoms with Crippen LogP contribution in [0, 0.1) is 0 Å². The summed E-state index contributed by atoms with van der Waals surface area (Å²) < 4.78 is 5.08. The molecule has 0 radical (unpaired) electrons. The van der Waals surface area contributed by atoms with Crippen molar-refractivity contribution in [3.63, 3.8) is 0 Å². The molecule has 2 aromatic rings. The van der Waals surface area contributed by atoms with E-state index >= 15 is 0 Å². The molecule has 102 valence electrons. The third kappa shape index (κ3) is 3.45. The number of carbonyl (C=O) groups is 1. The van der Waals surface area contributed by atoms with Crippen LogP contribution in [-0.2, 0) is 4.79 Å². The van der Waals surface area contributed by atoms with E-state index in [9.17, 15) is 4.79 Å². The van der Waals surface area contributed by atoms with E-state index < -0.39 is 11.9 Å². The molecule has 20 heavy (non-hydrogen) atoms. The second-order valence-corrected chi connectivity index (χ2v) is 4.27. The van der Waals surface area contributed by atoms with E-state index in [0.717, 1.165) is 16.9 Å². The van der Waals surface area contributed by atoms with Crippen LogP contribution in [-0.4, -0.2) is 19.2 Å². The Kier molecular flexibility index (Phi) is 4.50. The van der Waals surface area contributed by atoms with Crippen LogP contribution < -0.4 is 10.5 Å². The Morgan fingerprint density at radius 2 is 1.80 bits per heavy atom. The molecule has 0 aliphatic heterocycles. The van der Waals surface area contributed by atoms with Gasteiger partial charge in [-0.3, -0.25) is 9.79 Å². The van der Waals surface area contributed by atoms with Crippen LogP contribution >= 0.6 is 0 Å². The predicted molar refractivity (Wildman–Crippen MR) is 79.0 cm³/mol. The predicted octanol–water partition coefficient (Wildman–Crippen LogP) is 2.34. The smallest absolute Gasteiger partial charge is 0.246 e. The summed E-state index contributed by atoms with van der Waals surface area (Å²) >= 11 is 0. The van der Waals surface area contributed by atoms with E-state index in [4.69, 9.17) is 10.5 Å². The number of nitrogens with two attached hydrogens (primary N) is 1. The summed E-state index contributed by atoms with van der Waals surface area (Å²) in [6, 6.07) is 16.0. The minimum absolute atomic E-state index is 0.471. The number of hydrogen-bond acceptors (Lipinski definition) is 3. The highest BCUT2D eigenvalue weighted by Crippen LogP contribution is 2.17. The number of hydrogen-bond donors (Lipinski definition) is 1. The molecule has 0 aromatic heterocycles. The second kappa shape index (κ2) is 6.52. The van der Waals surface area contributed by atoms with Gasteiger partial charge in [0, 0.05) is 6.21 Å². The monoisotopic (exact) mass is 268 g/mol. The Labute approximate surface area is 117 Å². The van der Waals surface area contributed by atoms with Gasteiger partial charge in [-0.2, -0.15) is 0 Å². The van der Waals surface area contributed by atoms with E-state index in [1.165, 1.54) is 0 Å². The SMILES string of the molecule is COc1ccc(C=N[C@@H](C(N)=O)c2ccccc2)cc1. The average molecular weight is 268 g/mol. The number of benzene rings is 2. The molecule has 0 saturated carbocycles. The molecule has 1 amide bonds. The lowest BCUT2D eigenvalue weighted by atomic mass is 10.1. The van der Waals surface area contributed by atoms with Gasteiger partial charge in [-0.05, 0) is 35.4 Å². The summed E-state index contributed by atoms with van der Waals surface area (Å²) in [7, 11) is 1.61. The van der Waals surface area contributed by atoms with Crippen molar-refractivity contribution < 1.29 is 9.53 Å². The maximum atomic E-state index is 11.5. The number of amides is 1. The minimum Gasteiger partial charge on any atom is -0.497 e. The molecule has 4 nitrogen and oxygen atoms in total. The molecule has 1 atom stereocenters. The maximum absolute atomic E-state index is 11.5. The lowest BCUT2D eigenvalue weighted by molar-refractivity contribution is -0.119. The highest BCUT2D eigenvalue weighted by atomic mass is 16.5. The summed E-state index contributed by atoms with van der Waals surface area (Å²) in [5, 5.41) is 0. The number of methoxy groups -OCH3 is 1. The van der Waals surface area contributed by atoms with E-state index in [1.54, 1.807) is 13.3 Å². The Hall–Kier alpha value is -2.62. The number of nitrogens with zero attached hydrogens (tertiary/aromatic N) is 1. The summed E-state index contributed by atoms with van der Waals surface area (Å²) in [6.45, 7) is 0. The quantitative estimate of drug-likeness (QED) is 0.846. The van der Waals surface area contributed by atoms with E-state index in [1.807, 2.05) is 54.6 Å². The molecule has 4 heteroatoms. The number of rotatable bonds is 5. The number of primary amides is 1. The summed E-state index contributed by atoms with van der Waals surface area (Å²) in [6.07, 6.45) is 1.64. The molecular formula is C16H16N2O2. The zero-order valence-corrected chi connectivity index (χ0v) is 11.2. The molecule has 0 unspecified atom stereocenters. The van der Waals surface area contributed by atoms with Gasteiger partial charge in [-0.1, -0.05) is 30.3 Å². The van der Waals surface area contributed by atoms with Gasteiger partial charge < -0.3 is 10.5 Å². The first-order valence-electron chi connectivity index (χ1n) is 6.22. The van der Waals surface area contributed by atoms with Gasteiger partial charge in [0.25, 0.3) is 0 Å². The largest absolute Gasteiger partial charge is 0.497 e. The van der Waals surface area contributed by atoms with Gasteiger partial charge in [0.05, 0.1) is 7.11 Å². The molecule has 0 saturated heterocycles. The van der Waals surface area contributed by atoms with Gasteiger partial charge >= 0.3 is 0 Å². The first kappa shape index (κ1) is 13.8. The molecule has 0 aliphatic rings. The molecule has 0 fully saturated rings. The van der Waals surface area contributed by atoms with Gasteiger partial charge in [0.15, 0.2) is 6.04 Å². The average Bonchev–Trinajstić information content (AvgIpc) is 2.49. The van der Waals surface area contributed by atoms with Crippen molar-refractivity contribution in [2.75, 3.05) is 7.11 Å². The molecular weight excluding hydrogens is 252 g/mol. The van der Waals surface area contributed by atoms with Gasteiger partial charge in [-0.25, -0.2) is 0 Å². The maximum Gasteiger partial charge on any atom is 0.246 e. The fourth-order valence-electron chi connectivity index (χ4n) is 1.81. The van der Waals surface area contributed by atoms with Crippen molar-refractivity contribution in [3.8, 4) is 5.75 Å². The molecule has 0 spiro atoms. The van der Waals surface area contributed by atoms with Gasteiger partial charge in [0.1, 0.15) is 5.75 Å². The standard InChI is InChI=1S/C16H16N2O2/c1-20-14-9-7-12(8-10-14)11-18-15(16(17)19)13-5-3-2-4-6-13/h2-11,15H,1H3,(H2,17,19)/t15-/m1/s1. The summed E-state index contributed by atoms with van der Waals surface area (Å²) in [4.78, 5) is 15.8. The minimum atomic E-state index is -0.668. The summed E-state index contributed by atoms with van der Waals surface area (Å²) in [5.74, 6) is 0.303. The molecule has 2 N–H and O–H groups in total. The Morgan fingerprint density at radius 1 is 1.15 bits per heavy atom. The van der Waals surface area contributed by atoms with Crippen LogP contribution in [0.5, 0.6) is 5.75 Å². The fourth-order valence-corrected chi connectivity index (χ4v) is 1.81. The van der Waals surface area contributed by atoms with Crippen molar-refractivity contribution in [2.45, 2.75) is 6.04 Å². The third-order valence-electron chi connectivity index (χ3n) is 2.87. The van der Waals surface area contributed by atoms with Crippen molar-refractivity contribution >= 4 is 12.1 Å². The van der Waals surface area contributed by atoms with Gasteiger partial charge in [0.2, 0.25) is 5.91 Å². The molecule has 2 aromatic carbocycles. The lowest BCUT2D eigenvalue weighted by Crippen LogP contribution is -2.20. The van der Waals surface area contributed by atoms with Crippen LogP contribution in [0.2, 0.25) is 0 Å². The van der Waals surface area contributed by atoms with Gasteiger partial charge in [-0.15, -0.1) is 0 Å². The van der Waals surface area contributed by atoms with Crippen LogP contribution in [0.4, 0.5) is 0 Å². The summed E-state index contributed by atoms with van der Waals surface area (Å²) in [5.41, 5.74) is 7.07. The zero-order valence-electron chi connectivity index (χ0n) is 11.2. The first-order chi connectivity index (χ1) is 9.70. The van der Waals surface area contributed by atoms with Crippen molar-refractivity contribution in [3.05, 3.63) is 65.7 Å². The molecule has 2 rings (SSSR count). The Bertz CT molecular complexity index is 592. The number of aliphatic imine (C=N–C) groups is 1. The normalized spacial score (nSPS) is 12.2. The van der Waals surface area contributed by atoms with E-state index in [2.05, 4.69) is 4.99 Å². The van der Waals surface area contributed by atoms with Crippen LogP contribution in [0.15, 0.2) is 59.6 Å².